The summed E-state index contributed by atoms with van der Waals surface area (Å²) in [6.07, 6.45) is 2.62. The van der Waals surface area contributed by atoms with Crippen molar-refractivity contribution in [3.63, 3.8) is 0 Å². The summed E-state index contributed by atoms with van der Waals surface area (Å²) in [5.41, 5.74) is 0.0476. The molecule has 0 aliphatic carbocycles. The fourth-order valence-corrected chi connectivity index (χ4v) is 2.90. The second-order valence-electron chi connectivity index (χ2n) is 6.63. The zero-order chi connectivity index (χ0) is 19.4. The molecule has 0 saturated carbocycles. The van der Waals surface area contributed by atoms with Gasteiger partial charge < -0.3 is 9.47 Å². The van der Waals surface area contributed by atoms with E-state index in [9.17, 15) is 13.2 Å². The van der Waals surface area contributed by atoms with Crippen LogP contribution in [0, 0.1) is 0 Å². The second kappa shape index (κ2) is 7.74. The summed E-state index contributed by atoms with van der Waals surface area (Å²) in [6.45, 7) is 5.17. The van der Waals surface area contributed by atoms with Crippen molar-refractivity contribution in [3.05, 3.63) is 54.4 Å². The van der Waals surface area contributed by atoms with Gasteiger partial charge in [0, 0.05) is 12.3 Å². The number of hydrogen-bond acceptors (Lipinski definition) is 6. The van der Waals surface area contributed by atoms with E-state index in [1.54, 1.807) is 20.8 Å². The predicted molar refractivity (Wildman–Crippen MR) is 98.6 cm³/mol. The van der Waals surface area contributed by atoms with Crippen LogP contribution in [0.5, 0.6) is 5.75 Å². The third-order valence-corrected chi connectivity index (χ3v) is 4.12. The minimum absolute atomic E-state index is 0.000168. The van der Waals surface area contributed by atoms with E-state index in [2.05, 4.69) is 4.98 Å². The third kappa shape index (κ3) is 5.45. The summed E-state index contributed by atoms with van der Waals surface area (Å²) in [6, 6.07) is 10.9. The molecule has 0 spiro atoms. The van der Waals surface area contributed by atoms with E-state index in [-0.39, 0.29) is 18.0 Å². The fraction of sp³-hybridized carbons (Fsp3) is 0.333. The van der Waals surface area contributed by atoms with Crippen molar-refractivity contribution in [2.75, 3.05) is 10.6 Å². The first-order valence-corrected chi connectivity index (χ1v) is 9.77. The molecule has 7 nitrogen and oxygen atoms in total. The van der Waals surface area contributed by atoms with Gasteiger partial charge >= 0.3 is 6.09 Å². The molecule has 0 aliphatic heterocycles. The Morgan fingerprint density at radius 1 is 1.15 bits per heavy atom. The molecular formula is C18H22N2O5S. The summed E-state index contributed by atoms with van der Waals surface area (Å²) in [7, 11) is -3.96. The zero-order valence-corrected chi connectivity index (χ0v) is 16.0. The first-order valence-electron chi connectivity index (χ1n) is 7.92. The molecule has 8 heteroatoms. The van der Waals surface area contributed by atoms with Crippen LogP contribution in [0.4, 0.5) is 10.5 Å². The van der Waals surface area contributed by atoms with Gasteiger partial charge in [0.2, 0.25) is 10.0 Å². The van der Waals surface area contributed by atoms with Gasteiger partial charge in [0.1, 0.15) is 23.6 Å². The molecule has 0 N–H and O–H groups in total. The minimum atomic E-state index is -3.96. The van der Waals surface area contributed by atoms with Crippen LogP contribution in [0.15, 0.2) is 48.8 Å². The Labute approximate surface area is 153 Å². The Balaban J connectivity index is 2.35. The average Bonchev–Trinajstić information content (AvgIpc) is 2.52. The number of pyridine rings is 1. The normalized spacial score (nSPS) is 11.7. The van der Waals surface area contributed by atoms with Crippen LogP contribution in [0.3, 0.4) is 0 Å². The molecule has 0 radical (unpaired) electrons. The molecule has 1 heterocycles. The van der Waals surface area contributed by atoms with E-state index in [0.29, 0.717) is 4.31 Å². The van der Waals surface area contributed by atoms with E-state index < -0.39 is 21.7 Å². The van der Waals surface area contributed by atoms with Gasteiger partial charge in [-0.25, -0.2) is 13.2 Å². The van der Waals surface area contributed by atoms with Crippen LogP contribution < -0.4 is 9.04 Å². The van der Waals surface area contributed by atoms with Gasteiger partial charge in [0.05, 0.1) is 12.5 Å². The standard InChI is InChI=1S/C18H22N2O5S/c1-18(2,3)25-17(21)20(26(4,22)23)15-12-19-11-10-16(15)24-13-14-8-6-5-7-9-14/h5-12H,13H2,1-4H3. The third-order valence-electron chi connectivity index (χ3n) is 3.11. The molecule has 1 aromatic heterocycles. The van der Waals surface area contributed by atoms with Gasteiger partial charge in [-0.15, -0.1) is 0 Å². The maximum atomic E-state index is 12.5. The molecule has 1 aromatic carbocycles. The number of amides is 1. The smallest absolute Gasteiger partial charge is 0.429 e. The molecule has 0 fully saturated rings. The quantitative estimate of drug-likeness (QED) is 0.793. The molecule has 2 aromatic rings. The van der Waals surface area contributed by atoms with E-state index in [4.69, 9.17) is 9.47 Å². The first-order chi connectivity index (χ1) is 12.1. The van der Waals surface area contributed by atoms with Crippen LogP contribution in [0.2, 0.25) is 0 Å². The largest absolute Gasteiger partial charge is 0.487 e. The Morgan fingerprint density at radius 2 is 1.81 bits per heavy atom. The summed E-state index contributed by atoms with van der Waals surface area (Å²) < 4.78 is 36.0. The number of ether oxygens (including phenoxy) is 2. The lowest BCUT2D eigenvalue weighted by Gasteiger charge is -2.26. The number of aromatic nitrogens is 1. The highest BCUT2D eigenvalue weighted by molar-refractivity contribution is 7.92. The number of benzene rings is 1. The number of anilines is 1. The molecule has 0 unspecified atom stereocenters. The lowest BCUT2D eigenvalue weighted by molar-refractivity contribution is 0.0608. The van der Waals surface area contributed by atoms with Crippen molar-refractivity contribution < 1.29 is 22.7 Å². The minimum Gasteiger partial charge on any atom is -0.487 e. The summed E-state index contributed by atoms with van der Waals surface area (Å²) in [4.78, 5) is 16.4. The van der Waals surface area contributed by atoms with Crippen molar-refractivity contribution in [1.29, 1.82) is 0 Å². The number of hydrogen-bond donors (Lipinski definition) is 0. The SMILES string of the molecule is CC(C)(C)OC(=O)N(c1cnccc1OCc1ccccc1)S(C)(=O)=O. The molecule has 26 heavy (non-hydrogen) atoms. The predicted octanol–water partition coefficient (Wildman–Crippen LogP) is 3.36. The van der Waals surface area contributed by atoms with E-state index in [1.165, 1.54) is 18.5 Å². The van der Waals surface area contributed by atoms with E-state index in [0.717, 1.165) is 11.8 Å². The van der Waals surface area contributed by atoms with Gasteiger partial charge in [-0.1, -0.05) is 30.3 Å². The van der Waals surface area contributed by atoms with Crippen LogP contribution in [0.25, 0.3) is 0 Å². The second-order valence-corrected chi connectivity index (χ2v) is 8.46. The van der Waals surface area contributed by atoms with Gasteiger partial charge in [-0.3, -0.25) is 4.98 Å². The van der Waals surface area contributed by atoms with Crippen molar-refractivity contribution in [2.45, 2.75) is 33.0 Å². The highest BCUT2D eigenvalue weighted by atomic mass is 32.2. The van der Waals surface area contributed by atoms with Crippen molar-refractivity contribution in [2.24, 2.45) is 0 Å². The lowest BCUT2D eigenvalue weighted by atomic mass is 10.2. The number of sulfonamides is 1. The van der Waals surface area contributed by atoms with Crippen LogP contribution >= 0.6 is 0 Å². The fourth-order valence-electron chi connectivity index (χ4n) is 2.10. The van der Waals surface area contributed by atoms with Crippen LogP contribution in [-0.2, 0) is 21.4 Å². The average molecular weight is 378 g/mol. The molecule has 0 bridgehead atoms. The van der Waals surface area contributed by atoms with Crippen molar-refractivity contribution in [1.82, 2.24) is 4.98 Å². The molecule has 0 atom stereocenters. The van der Waals surface area contributed by atoms with Crippen molar-refractivity contribution in [3.8, 4) is 5.75 Å². The molecule has 2 rings (SSSR count). The van der Waals surface area contributed by atoms with Gasteiger partial charge in [0.25, 0.3) is 0 Å². The zero-order valence-electron chi connectivity index (χ0n) is 15.2. The van der Waals surface area contributed by atoms with Crippen LogP contribution in [-0.4, -0.2) is 31.4 Å². The Kier molecular flexibility index (Phi) is 5.86. The molecule has 140 valence electrons. The number of carbonyl (C=O) groups is 1. The Morgan fingerprint density at radius 3 is 2.38 bits per heavy atom. The topological polar surface area (TPSA) is 85.8 Å². The monoisotopic (exact) mass is 378 g/mol. The molecule has 0 saturated heterocycles. The molecular weight excluding hydrogens is 356 g/mol. The van der Waals surface area contributed by atoms with E-state index in [1.807, 2.05) is 30.3 Å². The first kappa shape index (κ1) is 19.7. The highest BCUT2D eigenvalue weighted by Gasteiger charge is 2.32. The summed E-state index contributed by atoms with van der Waals surface area (Å²) in [5, 5.41) is 0. The summed E-state index contributed by atoms with van der Waals surface area (Å²) >= 11 is 0. The number of carbonyl (C=O) groups excluding carboxylic acids is 1. The van der Waals surface area contributed by atoms with Gasteiger partial charge in [-0.2, -0.15) is 4.31 Å². The van der Waals surface area contributed by atoms with Gasteiger partial charge in [0.15, 0.2) is 0 Å². The Hall–Kier alpha value is -2.61. The van der Waals surface area contributed by atoms with E-state index >= 15 is 0 Å². The number of rotatable bonds is 5. The Bertz CT molecular complexity index is 861. The lowest BCUT2D eigenvalue weighted by Crippen LogP contribution is -2.40. The molecule has 0 aliphatic rings. The maximum Gasteiger partial charge on any atom is 0.429 e. The maximum absolute atomic E-state index is 12.5. The summed E-state index contributed by atoms with van der Waals surface area (Å²) in [5.74, 6) is 0.208. The highest BCUT2D eigenvalue weighted by Crippen LogP contribution is 2.31. The van der Waals surface area contributed by atoms with Crippen molar-refractivity contribution >= 4 is 21.8 Å². The van der Waals surface area contributed by atoms with Crippen LogP contribution in [0.1, 0.15) is 26.3 Å². The van der Waals surface area contributed by atoms with Gasteiger partial charge in [-0.05, 0) is 26.3 Å². The number of nitrogens with zero attached hydrogens (tertiary/aromatic N) is 2. The molecule has 1 amide bonds.